The number of hydrogen-bond acceptors (Lipinski definition) is 16. The fraction of sp³-hybridized carbons (Fsp3) is 0.741. The molecule has 0 fully saturated rings. The summed E-state index contributed by atoms with van der Waals surface area (Å²) < 4.78 is 41.1. The van der Waals surface area contributed by atoms with Crippen LogP contribution in [0, 0.1) is 6.92 Å². The van der Waals surface area contributed by atoms with Crippen LogP contribution in [-0.4, -0.2) is 80.3 Å². The first-order valence-electron chi connectivity index (χ1n) is 28.1. The predicted octanol–water partition coefficient (Wildman–Crippen LogP) is 13.6. The Morgan fingerprint density at radius 1 is 0.568 bits per heavy atom. The first-order chi connectivity index (χ1) is 35.8. The Labute approximate surface area is 442 Å². The largest absolute Gasteiger partial charge is 0.519 e. The molecule has 0 radical (unpaired) electrons. The third-order valence-corrected chi connectivity index (χ3v) is 13.3. The van der Waals surface area contributed by atoms with Gasteiger partial charge >= 0.3 is 42.0 Å². The molecule has 0 saturated heterocycles. The lowest BCUT2D eigenvalue weighted by Crippen LogP contribution is -2.31. The molecule has 1 aromatic carbocycles. The van der Waals surface area contributed by atoms with Gasteiger partial charge < -0.3 is 43.0 Å². The summed E-state index contributed by atoms with van der Waals surface area (Å²) in [6.45, 7) is 6.50. The van der Waals surface area contributed by atoms with E-state index in [9.17, 15) is 38.7 Å². The molecule has 0 saturated carbocycles. The first kappa shape index (κ1) is 65.0. The molecule has 1 aliphatic rings. The fourth-order valence-electron chi connectivity index (χ4n) is 8.75. The summed E-state index contributed by atoms with van der Waals surface area (Å²) in [4.78, 5) is 87.1. The first-order valence-corrected chi connectivity index (χ1v) is 28.1. The van der Waals surface area contributed by atoms with Gasteiger partial charge in [0.1, 0.15) is 36.9 Å². The Hall–Kier alpha value is -5.15. The van der Waals surface area contributed by atoms with Crippen molar-refractivity contribution in [2.24, 2.45) is 0 Å². The maximum absolute atomic E-state index is 12.8. The molecular weight excluding hydrogens is 953 g/mol. The number of phenolic OH excluding ortho intramolecular Hbond substituents is 1. The molecule has 0 spiro atoms. The minimum Gasteiger partial charge on any atom is -0.507 e. The van der Waals surface area contributed by atoms with Crippen molar-refractivity contribution in [1.82, 2.24) is 0 Å². The van der Waals surface area contributed by atoms with Crippen LogP contribution in [0.1, 0.15) is 253 Å². The zero-order valence-corrected chi connectivity index (χ0v) is 45.9. The SMILES string of the molecule is CCCCCCCCCCCCCCCC(=O)OCC(COC(=O)CCCCCCCCCCCCCCC)OC(=O)CCC(=O)OCOC(=O)OC(=O)CC/C(C)=C/Cc1c(O)c2c(c(C)c1OC)COC2=O. The third-order valence-electron chi connectivity index (χ3n) is 13.3. The number of esters is 6. The molecule has 74 heavy (non-hydrogen) atoms. The van der Waals surface area contributed by atoms with Gasteiger partial charge in [0.25, 0.3) is 0 Å². The van der Waals surface area contributed by atoms with E-state index in [0.717, 1.165) is 44.1 Å². The van der Waals surface area contributed by atoms with E-state index in [1.807, 2.05) is 0 Å². The van der Waals surface area contributed by atoms with E-state index in [0.29, 0.717) is 35.3 Å². The predicted molar refractivity (Wildman–Crippen MR) is 280 cm³/mol. The zero-order valence-electron chi connectivity index (χ0n) is 45.9. The Kier molecular flexibility index (Phi) is 36.1. The molecule has 16 nitrogen and oxygen atoms in total. The Morgan fingerprint density at radius 2 is 1.00 bits per heavy atom. The lowest BCUT2D eigenvalue weighted by Gasteiger charge is -2.18. The fourth-order valence-corrected chi connectivity index (χ4v) is 8.75. The van der Waals surface area contributed by atoms with Gasteiger partial charge in [0.15, 0.2) is 6.10 Å². The van der Waals surface area contributed by atoms with E-state index in [-0.39, 0.29) is 63.2 Å². The topological polar surface area (TPSA) is 214 Å². The van der Waals surface area contributed by atoms with Crippen molar-refractivity contribution in [1.29, 1.82) is 0 Å². The highest BCUT2D eigenvalue weighted by Crippen LogP contribution is 2.42. The summed E-state index contributed by atoms with van der Waals surface area (Å²) >= 11 is 0. The second kappa shape index (κ2) is 41.1. The number of fused-ring (bicyclic) bond motifs is 1. The van der Waals surface area contributed by atoms with Crippen LogP contribution in [0.25, 0.3) is 0 Å². The number of methoxy groups -OCH3 is 1. The molecule has 1 heterocycles. The van der Waals surface area contributed by atoms with Crippen LogP contribution in [0.4, 0.5) is 4.79 Å². The standard InChI is InChI=1S/C58H92O16/c1-6-8-10-12-14-16-18-20-22-24-26-28-30-32-49(59)68-40-46(41-69-50(60)33-31-29-27-25-23-21-19-17-15-13-11-9-7-2)73-52(62)39-38-51(61)71-43-72-58(66)74-53(63)37-35-44(3)34-36-47-55(64)54-48(42-70-57(54)65)45(4)56(47)67-5/h34,46,64H,6-33,35-43H2,1-5H3/b44-34+. The summed E-state index contributed by atoms with van der Waals surface area (Å²) in [6.07, 6.45) is 29.7. The smallest absolute Gasteiger partial charge is 0.507 e. The van der Waals surface area contributed by atoms with Gasteiger partial charge in [0.2, 0.25) is 6.79 Å². The summed E-state index contributed by atoms with van der Waals surface area (Å²) in [6, 6.07) is 0. The minimum atomic E-state index is -1.39. The van der Waals surface area contributed by atoms with Crippen molar-refractivity contribution in [3.05, 3.63) is 33.9 Å². The van der Waals surface area contributed by atoms with Crippen molar-refractivity contribution >= 4 is 42.0 Å². The summed E-state index contributed by atoms with van der Waals surface area (Å²) in [5.74, 6) is -3.95. The number of ether oxygens (including phenoxy) is 8. The third kappa shape index (κ3) is 29.7. The van der Waals surface area contributed by atoms with Crippen LogP contribution >= 0.6 is 0 Å². The van der Waals surface area contributed by atoms with Gasteiger partial charge in [-0.05, 0) is 45.1 Å². The normalized spacial score (nSPS) is 12.0. The van der Waals surface area contributed by atoms with Gasteiger partial charge in [0.05, 0.1) is 20.0 Å². The number of allylic oxidation sites excluding steroid dienone is 2. The summed E-state index contributed by atoms with van der Waals surface area (Å²) in [5, 5.41) is 10.8. The molecule has 0 aromatic heterocycles. The van der Waals surface area contributed by atoms with Gasteiger partial charge in [-0.1, -0.05) is 180 Å². The van der Waals surface area contributed by atoms with Crippen LogP contribution in [0.15, 0.2) is 11.6 Å². The second-order valence-electron chi connectivity index (χ2n) is 19.6. The van der Waals surface area contributed by atoms with Gasteiger partial charge in [-0.2, -0.15) is 0 Å². The van der Waals surface area contributed by atoms with Crippen LogP contribution < -0.4 is 4.74 Å². The molecule has 2 rings (SSSR count). The quantitative estimate of drug-likeness (QED) is 0.0161. The van der Waals surface area contributed by atoms with E-state index in [4.69, 9.17) is 33.2 Å². The molecule has 0 aliphatic carbocycles. The van der Waals surface area contributed by atoms with Crippen LogP contribution in [-0.2, 0) is 70.2 Å². The number of rotatable bonds is 44. The molecule has 0 atom stereocenters. The number of unbranched alkanes of at least 4 members (excludes halogenated alkanes) is 24. The van der Waals surface area contributed by atoms with E-state index in [1.54, 1.807) is 19.9 Å². The molecule has 1 aliphatic heterocycles. The average Bonchev–Trinajstić information content (AvgIpc) is 3.78. The van der Waals surface area contributed by atoms with Crippen molar-refractivity contribution in [2.45, 2.75) is 252 Å². The molecule has 1 N–H and O–H groups in total. The monoisotopic (exact) mass is 1040 g/mol. The van der Waals surface area contributed by atoms with Crippen LogP contribution in [0.2, 0.25) is 0 Å². The highest BCUT2D eigenvalue weighted by atomic mass is 16.8. The molecule has 0 bridgehead atoms. The molecule has 0 amide bonds. The van der Waals surface area contributed by atoms with Crippen molar-refractivity contribution < 1.29 is 76.6 Å². The zero-order chi connectivity index (χ0) is 54.2. The van der Waals surface area contributed by atoms with Gasteiger partial charge in [0, 0.05) is 30.4 Å². The maximum Gasteiger partial charge on any atom is 0.519 e. The van der Waals surface area contributed by atoms with E-state index in [2.05, 4.69) is 18.6 Å². The maximum atomic E-state index is 12.8. The lowest BCUT2D eigenvalue weighted by atomic mass is 9.94. The van der Waals surface area contributed by atoms with Crippen molar-refractivity contribution in [2.75, 3.05) is 27.1 Å². The van der Waals surface area contributed by atoms with Crippen molar-refractivity contribution in [3.63, 3.8) is 0 Å². The number of cyclic esters (lactones) is 1. The van der Waals surface area contributed by atoms with Crippen LogP contribution in [0.3, 0.4) is 0 Å². The van der Waals surface area contributed by atoms with Crippen LogP contribution in [0.5, 0.6) is 11.5 Å². The van der Waals surface area contributed by atoms with E-state index >= 15 is 0 Å². The number of carbonyl (C=O) groups excluding carboxylic acids is 7. The second-order valence-corrected chi connectivity index (χ2v) is 19.6. The van der Waals surface area contributed by atoms with Gasteiger partial charge in [-0.3, -0.25) is 24.0 Å². The Morgan fingerprint density at radius 3 is 1.47 bits per heavy atom. The molecule has 16 heteroatoms. The van der Waals surface area contributed by atoms with Gasteiger partial charge in [-0.15, -0.1) is 0 Å². The molecule has 0 unspecified atom stereocenters. The van der Waals surface area contributed by atoms with Crippen molar-refractivity contribution in [3.8, 4) is 11.5 Å². The number of hydrogen-bond donors (Lipinski definition) is 1. The number of phenols is 1. The van der Waals surface area contributed by atoms with E-state index < -0.39 is 67.7 Å². The Balaban J connectivity index is 1.72. The highest BCUT2D eigenvalue weighted by Gasteiger charge is 2.32. The summed E-state index contributed by atoms with van der Waals surface area (Å²) in [5.41, 5.74) is 2.48. The highest BCUT2D eigenvalue weighted by molar-refractivity contribution is 5.98. The minimum absolute atomic E-state index is 0.0479. The number of benzene rings is 1. The molecule has 1 aromatic rings. The van der Waals surface area contributed by atoms with E-state index in [1.165, 1.54) is 123 Å². The Bertz CT molecular complexity index is 1810. The molecule has 420 valence electrons. The molecular formula is C58H92O16. The number of aromatic hydroxyl groups is 1. The summed E-state index contributed by atoms with van der Waals surface area (Å²) in [7, 11) is 1.46. The lowest BCUT2D eigenvalue weighted by molar-refractivity contribution is -0.168. The number of carbonyl (C=O) groups is 7. The average molecular weight is 1050 g/mol. The van der Waals surface area contributed by atoms with Gasteiger partial charge in [-0.25, -0.2) is 9.59 Å².